The van der Waals surface area contributed by atoms with Gasteiger partial charge >= 0.3 is 6.09 Å². The zero-order chi connectivity index (χ0) is 28.7. The van der Waals surface area contributed by atoms with E-state index in [0.29, 0.717) is 10.8 Å². The van der Waals surface area contributed by atoms with Gasteiger partial charge in [-0.05, 0) is 36.5 Å². The van der Waals surface area contributed by atoms with E-state index < -0.39 is 16.1 Å². The van der Waals surface area contributed by atoms with E-state index in [0.717, 1.165) is 28.0 Å². The smallest absolute Gasteiger partial charge is 0.409 e. The molecule has 1 aromatic heterocycles. The predicted molar refractivity (Wildman–Crippen MR) is 154 cm³/mol. The quantitative estimate of drug-likeness (QED) is 0.356. The molecule has 39 heavy (non-hydrogen) atoms. The summed E-state index contributed by atoms with van der Waals surface area (Å²) < 4.78 is 33.8. The minimum Gasteiger partial charge on any atom is -0.446 e. The number of carbonyl (C=O) groups excluding carboxylic acids is 2. The second kappa shape index (κ2) is 13.2. The maximum absolute atomic E-state index is 12.9. The van der Waals surface area contributed by atoms with Crippen LogP contribution in [0.25, 0.3) is 11.1 Å². The molecule has 1 N–H and O–H groups in total. The lowest BCUT2D eigenvalue weighted by Crippen LogP contribution is -2.38. The van der Waals surface area contributed by atoms with Crippen molar-refractivity contribution in [1.82, 2.24) is 14.6 Å². The van der Waals surface area contributed by atoms with Gasteiger partial charge in [0.25, 0.3) is 10.0 Å². The molecule has 2 aromatic carbocycles. The number of carbonyl (C=O) groups is 2. The molecule has 1 unspecified atom stereocenters. The first-order valence-corrected chi connectivity index (χ1v) is 15.0. The summed E-state index contributed by atoms with van der Waals surface area (Å²) in [6, 6.07) is 17.8. The maximum Gasteiger partial charge on any atom is 0.409 e. The van der Waals surface area contributed by atoms with Gasteiger partial charge in [-0.1, -0.05) is 79.8 Å². The second-order valence-corrected chi connectivity index (χ2v) is 12.7. The summed E-state index contributed by atoms with van der Waals surface area (Å²) in [6.07, 6.45) is -0.604. The number of likely N-dealkylation sites (N-methyl/N-ethyl adjacent to an activating group) is 2. The first-order valence-electron chi connectivity index (χ1n) is 12.7. The molecule has 210 valence electrons. The molecule has 3 rings (SSSR count). The highest BCUT2D eigenvalue weighted by atomic mass is 32.2. The van der Waals surface area contributed by atoms with Gasteiger partial charge in [-0.2, -0.15) is 0 Å². The van der Waals surface area contributed by atoms with Crippen molar-refractivity contribution in [2.75, 3.05) is 32.1 Å². The number of rotatable bonds is 11. The molecular formula is C28H36N4O5S2. The van der Waals surface area contributed by atoms with Gasteiger partial charge in [0.15, 0.2) is 9.34 Å². The van der Waals surface area contributed by atoms with Gasteiger partial charge in [0.1, 0.15) is 6.10 Å². The zero-order valence-electron chi connectivity index (χ0n) is 23.2. The standard InChI is InChI=1S/C28H36N4O5S2/c1-19(2)21(4)37-28(34)31(5)17-16-29-39(35,36)26-20(3)30-27(38-26)32(6)25(33)18-22-12-14-24(15-13-22)23-10-8-7-9-11-23/h7-15,19,21,29H,16-18H2,1-6H3. The summed E-state index contributed by atoms with van der Waals surface area (Å²) in [5.74, 6) is -0.0292. The fraction of sp³-hybridized carbons (Fsp3) is 0.393. The second-order valence-electron chi connectivity index (χ2n) is 9.71. The van der Waals surface area contributed by atoms with Crippen molar-refractivity contribution in [2.24, 2.45) is 5.92 Å². The van der Waals surface area contributed by atoms with Gasteiger partial charge < -0.3 is 9.64 Å². The van der Waals surface area contributed by atoms with Crippen LogP contribution in [0.3, 0.4) is 0 Å². The molecule has 11 heteroatoms. The van der Waals surface area contributed by atoms with E-state index in [1.54, 1.807) is 21.0 Å². The van der Waals surface area contributed by atoms with Crippen LogP contribution in [-0.2, 0) is 26.0 Å². The van der Waals surface area contributed by atoms with Crippen LogP contribution in [0.4, 0.5) is 9.93 Å². The molecule has 0 aliphatic rings. The molecule has 0 saturated carbocycles. The predicted octanol–water partition coefficient (Wildman–Crippen LogP) is 4.72. The van der Waals surface area contributed by atoms with Crippen LogP contribution in [0, 0.1) is 12.8 Å². The van der Waals surface area contributed by atoms with Crippen molar-refractivity contribution >= 4 is 38.5 Å². The normalized spacial score (nSPS) is 12.3. The van der Waals surface area contributed by atoms with Crippen LogP contribution >= 0.6 is 11.3 Å². The topological polar surface area (TPSA) is 109 Å². The highest BCUT2D eigenvalue weighted by molar-refractivity contribution is 7.91. The van der Waals surface area contributed by atoms with E-state index in [4.69, 9.17) is 4.74 Å². The van der Waals surface area contributed by atoms with Gasteiger partial charge in [-0.15, -0.1) is 0 Å². The minimum absolute atomic E-state index is 0.00438. The Morgan fingerprint density at radius 1 is 1.00 bits per heavy atom. The van der Waals surface area contributed by atoms with Crippen molar-refractivity contribution in [2.45, 2.75) is 44.4 Å². The van der Waals surface area contributed by atoms with Crippen LogP contribution in [0.15, 0.2) is 58.8 Å². The Morgan fingerprint density at radius 3 is 2.23 bits per heavy atom. The van der Waals surface area contributed by atoms with E-state index in [2.05, 4.69) is 9.71 Å². The van der Waals surface area contributed by atoms with Gasteiger partial charge in [0.05, 0.1) is 12.1 Å². The van der Waals surface area contributed by atoms with E-state index >= 15 is 0 Å². The third-order valence-corrected chi connectivity index (χ3v) is 9.65. The number of amides is 2. The molecule has 2 amide bonds. The number of aromatic nitrogens is 1. The first kappa shape index (κ1) is 30.3. The third-order valence-electron chi connectivity index (χ3n) is 6.34. The van der Waals surface area contributed by atoms with Crippen LogP contribution in [-0.4, -0.2) is 63.6 Å². The number of sulfonamides is 1. The molecule has 0 bridgehead atoms. The molecule has 1 atom stereocenters. The average Bonchev–Trinajstić information content (AvgIpc) is 3.31. The summed E-state index contributed by atoms with van der Waals surface area (Å²) in [6.45, 7) is 7.44. The van der Waals surface area contributed by atoms with Gasteiger partial charge in [0, 0.05) is 27.2 Å². The third kappa shape index (κ3) is 8.11. The van der Waals surface area contributed by atoms with Crippen molar-refractivity contribution in [1.29, 1.82) is 0 Å². The summed E-state index contributed by atoms with van der Waals surface area (Å²) in [4.78, 5) is 32.2. The van der Waals surface area contributed by atoms with Crippen LogP contribution in [0.1, 0.15) is 32.0 Å². The summed E-state index contributed by atoms with van der Waals surface area (Å²) in [7, 11) is -0.752. The molecule has 0 spiro atoms. The molecule has 3 aromatic rings. The number of aryl methyl sites for hydroxylation is 1. The van der Waals surface area contributed by atoms with E-state index in [-0.39, 0.29) is 41.6 Å². The Hall–Kier alpha value is -3.28. The number of anilines is 1. The number of benzene rings is 2. The first-order chi connectivity index (χ1) is 18.4. The molecule has 0 fully saturated rings. The Balaban J connectivity index is 1.58. The number of ether oxygens (including phenoxy) is 1. The fourth-order valence-electron chi connectivity index (χ4n) is 3.50. The number of thiazole rings is 1. The highest BCUT2D eigenvalue weighted by Crippen LogP contribution is 2.29. The van der Waals surface area contributed by atoms with Crippen LogP contribution in [0.5, 0.6) is 0 Å². The minimum atomic E-state index is -3.89. The Labute approximate surface area is 234 Å². The lowest BCUT2D eigenvalue weighted by atomic mass is 10.0. The van der Waals surface area contributed by atoms with Gasteiger partial charge in [-0.25, -0.2) is 22.9 Å². The molecule has 0 saturated heterocycles. The van der Waals surface area contributed by atoms with Gasteiger partial charge in [-0.3, -0.25) is 9.69 Å². The molecule has 1 heterocycles. The Morgan fingerprint density at radius 2 is 1.62 bits per heavy atom. The monoisotopic (exact) mass is 572 g/mol. The fourth-order valence-corrected chi connectivity index (χ4v) is 6.04. The molecule has 0 radical (unpaired) electrons. The average molecular weight is 573 g/mol. The van der Waals surface area contributed by atoms with Crippen molar-refractivity contribution in [3.63, 3.8) is 0 Å². The summed E-state index contributed by atoms with van der Waals surface area (Å²) in [5, 5.41) is 0.294. The SMILES string of the molecule is Cc1nc(N(C)C(=O)Cc2ccc(-c3ccccc3)cc2)sc1S(=O)(=O)NCCN(C)C(=O)OC(C)C(C)C. The molecule has 9 nitrogen and oxygen atoms in total. The van der Waals surface area contributed by atoms with Crippen molar-refractivity contribution < 1.29 is 22.7 Å². The Bertz CT molecular complexity index is 1370. The summed E-state index contributed by atoms with van der Waals surface area (Å²) in [5.41, 5.74) is 3.30. The van der Waals surface area contributed by atoms with Crippen LogP contribution in [0.2, 0.25) is 0 Å². The van der Waals surface area contributed by atoms with E-state index in [1.165, 1.54) is 9.80 Å². The lowest BCUT2D eigenvalue weighted by Gasteiger charge is -2.22. The van der Waals surface area contributed by atoms with E-state index in [1.807, 2.05) is 75.4 Å². The highest BCUT2D eigenvalue weighted by Gasteiger charge is 2.25. The maximum atomic E-state index is 12.9. The molecule has 0 aliphatic carbocycles. The molecule has 0 aliphatic heterocycles. The number of hydrogen-bond acceptors (Lipinski definition) is 7. The Kier molecular flexibility index (Phi) is 10.2. The van der Waals surface area contributed by atoms with E-state index in [9.17, 15) is 18.0 Å². The largest absolute Gasteiger partial charge is 0.446 e. The molecular weight excluding hydrogens is 536 g/mol. The lowest BCUT2D eigenvalue weighted by molar-refractivity contribution is -0.117. The zero-order valence-corrected chi connectivity index (χ0v) is 24.8. The summed E-state index contributed by atoms with van der Waals surface area (Å²) >= 11 is 0.928. The van der Waals surface area contributed by atoms with Crippen molar-refractivity contribution in [3.05, 3.63) is 65.9 Å². The van der Waals surface area contributed by atoms with Crippen LogP contribution < -0.4 is 9.62 Å². The van der Waals surface area contributed by atoms with Crippen molar-refractivity contribution in [3.8, 4) is 11.1 Å². The number of nitrogens with one attached hydrogen (secondary N) is 1. The number of hydrogen-bond donors (Lipinski definition) is 1. The van der Waals surface area contributed by atoms with Gasteiger partial charge in [0.2, 0.25) is 5.91 Å². The number of nitrogens with zero attached hydrogens (tertiary/aromatic N) is 3.